The molecule has 0 saturated carbocycles. The highest BCUT2D eigenvalue weighted by molar-refractivity contribution is 9.10. The molecule has 0 fully saturated rings. The third-order valence-electron chi connectivity index (χ3n) is 3.88. The van der Waals surface area contributed by atoms with E-state index in [1.54, 1.807) is 12.1 Å². The van der Waals surface area contributed by atoms with Crippen LogP contribution in [0.3, 0.4) is 0 Å². The molecule has 2 nitrogen and oxygen atoms in total. The smallest absolute Gasteiger partial charge is 0.123 e. The summed E-state index contributed by atoms with van der Waals surface area (Å²) in [4.78, 5) is 0. The van der Waals surface area contributed by atoms with Crippen LogP contribution in [0.25, 0.3) is 0 Å². The van der Waals surface area contributed by atoms with Gasteiger partial charge in [-0.25, -0.2) is 4.39 Å². The van der Waals surface area contributed by atoms with Gasteiger partial charge in [-0.3, -0.25) is 0 Å². The van der Waals surface area contributed by atoms with Crippen molar-refractivity contribution in [2.45, 2.75) is 25.0 Å². The lowest BCUT2D eigenvalue weighted by Crippen LogP contribution is -2.26. The molecule has 0 amide bonds. The van der Waals surface area contributed by atoms with Crippen LogP contribution in [0.15, 0.2) is 46.9 Å². The van der Waals surface area contributed by atoms with Crippen LogP contribution in [0.2, 0.25) is 0 Å². The van der Waals surface area contributed by atoms with Gasteiger partial charge in [-0.05, 0) is 47.4 Å². The van der Waals surface area contributed by atoms with Gasteiger partial charge >= 0.3 is 0 Å². The highest BCUT2D eigenvalue weighted by Gasteiger charge is 2.41. The molecule has 106 valence electrons. The number of nitrogens with zero attached hydrogens (tertiary/aromatic N) is 1. The van der Waals surface area contributed by atoms with Crippen LogP contribution >= 0.6 is 15.9 Å². The number of halogens is 2. The zero-order chi connectivity index (χ0) is 14.9. The Balaban J connectivity index is 2.12. The van der Waals surface area contributed by atoms with E-state index in [1.807, 2.05) is 18.2 Å². The highest BCUT2D eigenvalue weighted by Crippen LogP contribution is 2.45. The second-order valence-electron chi connectivity index (χ2n) is 5.08. The van der Waals surface area contributed by atoms with Crippen molar-refractivity contribution in [2.24, 2.45) is 0 Å². The van der Waals surface area contributed by atoms with Gasteiger partial charge in [-0.2, -0.15) is 5.26 Å². The Bertz CT molecular complexity index is 708. The molecule has 0 aliphatic carbocycles. The first-order valence-corrected chi connectivity index (χ1v) is 7.51. The van der Waals surface area contributed by atoms with Crippen molar-refractivity contribution in [1.82, 2.24) is 0 Å². The van der Waals surface area contributed by atoms with E-state index in [1.165, 1.54) is 12.1 Å². The fourth-order valence-corrected chi connectivity index (χ4v) is 3.30. The molecule has 0 saturated heterocycles. The van der Waals surface area contributed by atoms with Crippen molar-refractivity contribution in [1.29, 1.82) is 5.26 Å². The minimum absolute atomic E-state index is 0.275. The molecule has 3 rings (SSSR count). The van der Waals surface area contributed by atoms with E-state index in [4.69, 9.17) is 10.00 Å². The van der Waals surface area contributed by atoms with Crippen LogP contribution in [-0.4, -0.2) is 0 Å². The lowest BCUT2D eigenvalue weighted by molar-refractivity contribution is -0.0106. The predicted octanol–water partition coefficient (Wildman–Crippen LogP) is 4.67. The van der Waals surface area contributed by atoms with Crippen molar-refractivity contribution >= 4 is 15.9 Å². The van der Waals surface area contributed by atoms with E-state index < -0.39 is 5.60 Å². The molecule has 0 spiro atoms. The van der Waals surface area contributed by atoms with Crippen LogP contribution < -0.4 is 0 Å². The van der Waals surface area contributed by atoms with Gasteiger partial charge < -0.3 is 4.74 Å². The summed E-state index contributed by atoms with van der Waals surface area (Å²) in [6.07, 6.45) is 0.941. The van der Waals surface area contributed by atoms with Crippen molar-refractivity contribution in [3.8, 4) is 6.07 Å². The number of rotatable bonds is 3. The average molecular weight is 346 g/mol. The molecule has 1 aliphatic rings. The largest absolute Gasteiger partial charge is 0.361 e. The Labute approximate surface area is 131 Å². The summed E-state index contributed by atoms with van der Waals surface area (Å²) in [7, 11) is 0. The minimum Gasteiger partial charge on any atom is -0.361 e. The van der Waals surface area contributed by atoms with E-state index in [0.29, 0.717) is 19.4 Å². The molecule has 1 atom stereocenters. The Kier molecular flexibility index (Phi) is 3.79. The summed E-state index contributed by atoms with van der Waals surface area (Å²) >= 11 is 3.46. The number of nitriles is 1. The quantitative estimate of drug-likeness (QED) is 0.809. The fraction of sp³-hybridized carbons (Fsp3) is 0.235. The van der Waals surface area contributed by atoms with Crippen LogP contribution in [0.4, 0.5) is 4.39 Å². The van der Waals surface area contributed by atoms with Gasteiger partial charge in [-0.15, -0.1) is 0 Å². The Morgan fingerprint density at radius 3 is 2.71 bits per heavy atom. The third-order valence-corrected chi connectivity index (χ3v) is 4.37. The Morgan fingerprint density at radius 1 is 1.24 bits per heavy atom. The van der Waals surface area contributed by atoms with Crippen LogP contribution in [0, 0.1) is 17.1 Å². The first-order chi connectivity index (χ1) is 10.2. The minimum atomic E-state index is -0.653. The number of hydrogen-bond donors (Lipinski definition) is 0. The van der Waals surface area contributed by atoms with E-state index in [2.05, 4.69) is 22.0 Å². The number of hydrogen-bond acceptors (Lipinski definition) is 2. The summed E-state index contributed by atoms with van der Waals surface area (Å²) in [6, 6.07) is 14.6. The van der Waals surface area contributed by atoms with E-state index in [0.717, 1.165) is 21.2 Å². The van der Waals surface area contributed by atoms with Crippen LogP contribution in [0.1, 0.15) is 29.5 Å². The maximum absolute atomic E-state index is 13.2. The van der Waals surface area contributed by atoms with Crippen molar-refractivity contribution in [3.05, 3.63) is 69.4 Å². The molecule has 1 heterocycles. The van der Waals surface area contributed by atoms with Crippen molar-refractivity contribution < 1.29 is 9.13 Å². The Hall–Kier alpha value is -1.70. The van der Waals surface area contributed by atoms with Gasteiger partial charge in [0.2, 0.25) is 0 Å². The molecule has 21 heavy (non-hydrogen) atoms. The monoisotopic (exact) mass is 345 g/mol. The molecule has 1 unspecified atom stereocenters. The third kappa shape index (κ3) is 2.48. The van der Waals surface area contributed by atoms with Crippen molar-refractivity contribution in [3.63, 3.8) is 0 Å². The molecule has 2 aromatic carbocycles. The fourth-order valence-electron chi connectivity index (χ4n) is 2.90. The topological polar surface area (TPSA) is 33.0 Å². The molecule has 0 radical (unpaired) electrons. The predicted molar refractivity (Wildman–Crippen MR) is 81.0 cm³/mol. The summed E-state index contributed by atoms with van der Waals surface area (Å²) in [5.41, 5.74) is 2.40. The second kappa shape index (κ2) is 5.59. The molecule has 1 aliphatic heterocycles. The zero-order valence-electron chi connectivity index (χ0n) is 11.3. The normalized spacial score (nSPS) is 20.0. The average Bonchev–Trinajstić information content (AvgIpc) is 2.85. The van der Waals surface area contributed by atoms with E-state index >= 15 is 0 Å². The zero-order valence-corrected chi connectivity index (χ0v) is 12.9. The molecule has 0 N–H and O–H groups in total. The van der Waals surface area contributed by atoms with Gasteiger partial charge in [0.15, 0.2) is 0 Å². The molecular formula is C17H13BrFNO. The van der Waals surface area contributed by atoms with Gasteiger partial charge in [-0.1, -0.05) is 34.1 Å². The molecule has 0 bridgehead atoms. The summed E-state index contributed by atoms with van der Waals surface area (Å²) < 4.78 is 20.3. The number of benzene rings is 2. The Morgan fingerprint density at radius 2 is 2.00 bits per heavy atom. The van der Waals surface area contributed by atoms with Crippen LogP contribution in [-0.2, 0) is 16.9 Å². The lowest BCUT2D eigenvalue weighted by atomic mass is 9.82. The number of fused-ring (bicyclic) bond motifs is 1. The van der Waals surface area contributed by atoms with Gasteiger partial charge in [0.1, 0.15) is 11.4 Å². The maximum Gasteiger partial charge on any atom is 0.123 e. The van der Waals surface area contributed by atoms with E-state index in [9.17, 15) is 4.39 Å². The highest BCUT2D eigenvalue weighted by atomic mass is 79.9. The number of ether oxygens (including phenoxy) is 1. The van der Waals surface area contributed by atoms with Gasteiger partial charge in [0, 0.05) is 10.9 Å². The summed E-state index contributed by atoms with van der Waals surface area (Å²) in [5.74, 6) is -0.275. The molecule has 4 heteroatoms. The SMILES string of the molecule is N#CCCC1(c2ccc(F)cc2)OCc2cc(Br)ccc21. The first-order valence-electron chi connectivity index (χ1n) is 6.71. The molecular weight excluding hydrogens is 333 g/mol. The van der Waals surface area contributed by atoms with E-state index in [-0.39, 0.29) is 5.82 Å². The van der Waals surface area contributed by atoms with Gasteiger partial charge in [0.05, 0.1) is 12.7 Å². The first kappa shape index (κ1) is 14.2. The standard InChI is InChI=1S/C17H13BrFNO/c18-14-4-7-16-12(10-14)11-21-17(16,8-1-9-20)13-2-5-15(19)6-3-13/h2-7,10H,1,8,11H2. The van der Waals surface area contributed by atoms with Crippen LogP contribution in [0.5, 0.6) is 0 Å². The summed E-state index contributed by atoms with van der Waals surface area (Å²) in [6.45, 7) is 0.498. The molecule has 0 aromatic heterocycles. The second-order valence-corrected chi connectivity index (χ2v) is 6.00. The van der Waals surface area contributed by atoms with Gasteiger partial charge in [0.25, 0.3) is 0 Å². The molecule has 2 aromatic rings. The lowest BCUT2D eigenvalue weighted by Gasteiger charge is -2.29. The van der Waals surface area contributed by atoms with Crippen molar-refractivity contribution in [2.75, 3.05) is 0 Å². The summed E-state index contributed by atoms with van der Waals surface area (Å²) in [5, 5.41) is 8.95. The maximum atomic E-state index is 13.2.